The minimum Gasteiger partial charge on any atom is -0.334 e. The summed E-state index contributed by atoms with van der Waals surface area (Å²) < 4.78 is 1.97. The fourth-order valence-electron chi connectivity index (χ4n) is 4.23. The molecule has 0 saturated carbocycles. The Labute approximate surface area is 149 Å². The summed E-state index contributed by atoms with van der Waals surface area (Å²) in [5.74, 6) is 0.475. The van der Waals surface area contributed by atoms with Gasteiger partial charge in [-0.3, -0.25) is 9.48 Å². The zero-order chi connectivity index (χ0) is 17.2. The van der Waals surface area contributed by atoms with E-state index in [-0.39, 0.29) is 11.9 Å². The Bertz CT molecular complexity index is 720. The number of hydrogen-bond donors (Lipinski definition) is 1. The quantitative estimate of drug-likeness (QED) is 0.936. The van der Waals surface area contributed by atoms with Gasteiger partial charge in [0.2, 0.25) is 0 Å². The van der Waals surface area contributed by atoms with Crippen LogP contribution in [0.5, 0.6) is 0 Å². The van der Waals surface area contributed by atoms with Crippen LogP contribution < -0.4 is 5.32 Å². The van der Waals surface area contributed by atoms with Crippen LogP contribution in [0.3, 0.4) is 0 Å². The fraction of sp³-hybridized carbons (Fsp3) is 0.500. The molecule has 2 fully saturated rings. The van der Waals surface area contributed by atoms with Crippen molar-refractivity contribution in [3.05, 3.63) is 53.9 Å². The van der Waals surface area contributed by atoms with Crippen LogP contribution in [-0.2, 0) is 0 Å². The highest BCUT2D eigenvalue weighted by Gasteiger charge is 2.35. The summed E-state index contributed by atoms with van der Waals surface area (Å²) in [6, 6.07) is 13.0. The molecule has 0 aliphatic carbocycles. The predicted molar refractivity (Wildman–Crippen MR) is 97.7 cm³/mol. The van der Waals surface area contributed by atoms with Crippen molar-refractivity contribution < 1.29 is 4.79 Å². The lowest BCUT2D eigenvalue weighted by molar-refractivity contribution is 0.0734. The van der Waals surface area contributed by atoms with Gasteiger partial charge in [0.1, 0.15) is 5.69 Å². The van der Waals surface area contributed by atoms with Crippen LogP contribution in [0.15, 0.2) is 42.6 Å². The van der Waals surface area contributed by atoms with E-state index in [2.05, 4.69) is 41.6 Å². The van der Waals surface area contributed by atoms with E-state index in [0.29, 0.717) is 17.7 Å². The molecule has 4 rings (SSSR count). The monoisotopic (exact) mass is 338 g/mol. The van der Waals surface area contributed by atoms with Crippen LogP contribution in [0.1, 0.15) is 54.2 Å². The van der Waals surface area contributed by atoms with E-state index in [1.165, 1.54) is 5.56 Å². The van der Waals surface area contributed by atoms with Gasteiger partial charge in [0.15, 0.2) is 0 Å². The topological polar surface area (TPSA) is 50.2 Å². The van der Waals surface area contributed by atoms with Crippen molar-refractivity contribution in [1.82, 2.24) is 20.0 Å². The first-order valence-corrected chi connectivity index (χ1v) is 9.36. The van der Waals surface area contributed by atoms with Gasteiger partial charge in [0.25, 0.3) is 5.91 Å². The molecule has 1 aromatic carbocycles. The van der Waals surface area contributed by atoms with Crippen LogP contribution in [0.25, 0.3) is 0 Å². The molecule has 2 aliphatic heterocycles. The maximum Gasteiger partial charge on any atom is 0.274 e. The maximum absolute atomic E-state index is 13.0. The Kier molecular flexibility index (Phi) is 4.57. The maximum atomic E-state index is 13.0. The van der Waals surface area contributed by atoms with E-state index < -0.39 is 0 Å². The van der Waals surface area contributed by atoms with Gasteiger partial charge in [-0.05, 0) is 44.4 Å². The molecule has 0 bridgehead atoms. The highest BCUT2D eigenvalue weighted by atomic mass is 16.2. The van der Waals surface area contributed by atoms with Gasteiger partial charge in [-0.1, -0.05) is 30.3 Å². The average Bonchev–Trinajstić information content (AvgIpc) is 3.30. The van der Waals surface area contributed by atoms with E-state index in [4.69, 9.17) is 0 Å². The zero-order valence-corrected chi connectivity index (χ0v) is 14.8. The Balaban J connectivity index is 1.47. The SMILES string of the molecule is CC1C(c2ccccc2)CCN1C(=O)c1ccn(C2CCCNC2)n1. The van der Waals surface area contributed by atoms with Gasteiger partial charge in [-0.2, -0.15) is 5.10 Å². The molecule has 5 heteroatoms. The second-order valence-corrected chi connectivity index (χ2v) is 7.23. The van der Waals surface area contributed by atoms with Crippen molar-refractivity contribution in [3.63, 3.8) is 0 Å². The number of hydrogen-bond acceptors (Lipinski definition) is 3. The lowest BCUT2D eigenvalue weighted by atomic mass is 9.93. The number of carbonyl (C=O) groups excluding carboxylic acids is 1. The molecule has 3 atom stereocenters. The van der Waals surface area contributed by atoms with Crippen molar-refractivity contribution in [3.8, 4) is 0 Å². The molecular weight excluding hydrogens is 312 g/mol. The minimum absolute atomic E-state index is 0.0634. The fourth-order valence-corrected chi connectivity index (χ4v) is 4.23. The van der Waals surface area contributed by atoms with Crippen LogP contribution in [0.2, 0.25) is 0 Å². The van der Waals surface area contributed by atoms with Gasteiger partial charge in [-0.25, -0.2) is 0 Å². The molecule has 0 spiro atoms. The zero-order valence-electron chi connectivity index (χ0n) is 14.8. The third kappa shape index (κ3) is 3.21. The molecule has 5 nitrogen and oxygen atoms in total. The number of nitrogens with zero attached hydrogens (tertiary/aromatic N) is 3. The predicted octanol–water partition coefficient (Wildman–Crippen LogP) is 2.83. The molecule has 25 heavy (non-hydrogen) atoms. The second-order valence-electron chi connectivity index (χ2n) is 7.23. The molecule has 1 amide bonds. The lowest BCUT2D eigenvalue weighted by Crippen LogP contribution is -2.36. The summed E-state index contributed by atoms with van der Waals surface area (Å²) in [6.07, 6.45) is 5.26. The Morgan fingerprint density at radius 2 is 2.04 bits per heavy atom. The van der Waals surface area contributed by atoms with Gasteiger partial charge in [-0.15, -0.1) is 0 Å². The number of nitrogens with one attached hydrogen (secondary N) is 1. The number of aromatic nitrogens is 2. The number of likely N-dealkylation sites (tertiary alicyclic amines) is 1. The van der Waals surface area contributed by atoms with Gasteiger partial charge >= 0.3 is 0 Å². The number of amides is 1. The van der Waals surface area contributed by atoms with Crippen LogP contribution in [0, 0.1) is 0 Å². The standard InChI is InChI=1S/C20H26N4O/c1-15-18(16-6-3-2-4-7-16)9-12-23(15)20(25)19-10-13-24(22-19)17-8-5-11-21-14-17/h2-4,6-7,10,13,15,17-18,21H,5,8-9,11-12,14H2,1H3. The Morgan fingerprint density at radius 1 is 1.20 bits per heavy atom. The summed E-state index contributed by atoms with van der Waals surface area (Å²) in [7, 11) is 0. The summed E-state index contributed by atoms with van der Waals surface area (Å²) in [5, 5.41) is 8.00. The van der Waals surface area contributed by atoms with Crippen LogP contribution in [0.4, 0.5) is 0 Å². The van der Waals surface area contributed by atoms with Crippen molar-refractivity contribution >= 4 is 5.91 Å². The normalized spacial score (nSPS) is 26.8. The Morgan fingerprint density at radius 3 is 2.80 bits per heavy atom. The molecule has 2 saturated heterocycles. The highest BCUT2D eigenvalue weighted by molar-refractivity contribution is 5.92. The second kappa shape index (κ2) is 7.00. The lowest BCUT2D eigenvalue weighted by Gasteiger charge is -2.25. The highest BCUT2D eigenvalue weighted by Crippen LogP contribution is 2.34. The summed E-state index contributed by atoms with van der Waals surface area (Å²) in [6.45, 7) is 4.98. The largest absolute Gasteiger partial charge is 0.334 e. The first kappa shape index (κ1) is 16.3. The molecule has 3 heterocycles. The average molecular weight is 338 g/mol. The third-order valence-electron chi connectivity index (χ3n) is 5.72. The first-order chi connectivity index (χ1) is 12.2. The summed E-state index contributed by atoms with van der Waals surface area (Å²) in [4.78, 5) is 15.0. The third-order valence-corrected chi connectivity index (χ3v) is 5.72. The molecule has 2 aliphatic rings. The van der Waals surface area contributed by atoms with Gasteiger partial charge in [0.05, 0.1) is 6.04 Å². The van der Waals surface area contributed by atoms with E-state index >= 15 is 0 Å². The molecule has 132 valence electrons. The van der Waals surface area contributed by atoms with E-state index in [9.17, 15) is 4.79 Å². The van der Waals surface area contributed by atoms with E-state index in [0.717, 1.165) is 38.9 Å². The van der Waals surface area contributed by atoms with Gasteiger partial charge in [0, 0.05) is 31.2 Å². The minimum atomic E-state index is 0.0634. The van der Waals surface area contributed by atoms with Crippen molar-refractivity contribution in [2.75, 3.05) is 19.6 Å². The van der Waals surface area contributed by atoms with Crippen LogP contribution in [-0.4, -0.2) is 46.3 Å². The smallest absolute Gasteiger partial charge is 0.274 e. The molecule has 1 aromatic heterocycles. The number of carbonyl (C=O) groups is 1. The molecular formula is C20H26N4O. The molecule has 0 radical (unpaired) electrons. The summed E-state index contributed by atoms with van der Waals surface area (Å²) in [5.41, 5.74) is 1.90. The van der Waals surface area contributed by atoms with Crippen molar-refractivity contribution in [2.24, 2.45) is 0 Å². The van der Waals surface area contributed by atoms with Gasteiger partial charge < -0.3 is 10.2 Å². The van der Waals surface area contributed by atoms with E-state index in [1.54, 1.807) is 0 Å². The molecule has 3 unspecified atom stereocenters. The number of piperidine rings is 1. The first-order valence-electron chi connectivity index (χ1n) is 9.36. The van der Waals surface area contributed by atoms with E-state index in [1.807, 2.05) is 27.9 Å². The van der Waals surface area contributed by atoms with Crippen molar-refractivity contribution in [2.45, 2.75) is 44.2 Å². The number of benzene rings is 1. The van der Waals surface area contributed by atoms with Crippen molar-refractivity contribution in [1.29, 1.82) is 0 Å². The molecule has 2 aromatic rings. The molecule has 1 N–H and O–H groups in total. The Hall–Kier alpha value is -2.14. The number of rotatable bonds is 3. The summed E-state index contributed by atoms with van der Waals surface area (Å²) >= 11 is 0. The van der Waals surface area contributed by atoms with Crippen LogP contribution >= 0.6 is 0 Å².